The molecule has 1 aromatic carbocycles. The van der Waals surface area contributed by atoms with E-state index < -0.39 is 0 Å². The van der Waals surface area contributed by atoms with Crippen molar-refractivity contribution in [1.82, 2.24) is 4.90 Å². The predicted molar refractivity (Wildman–Crippen MR) is 75.4 cm³/mol. The molecule has 0 saturated carbocycles. The molecule has 0 aliphatic carbocycles. The Morgan fingerprint density at radius 3 is 2.37 bits per heavy atom. The molecular formula is C15H22N2O2. The highest BCUT2D eigenvalue weighted by atomic mass is 16.5. The van der Waals surface area contributed by atoms with Crippen LogP contribution >= 0.6 is 0 Å². The van der Waals surface area contributed by atoms with Gasteiger partial charge in [-0.25, -0.2) is 0 Å². The average Bonchev–Trinajstić information content (AvgIpc) is 2.40. The summed E-state index contributed by atoms with van der Waals surface area (Å²) in [4.78, 5) is 2.07. The molecule has 0 unspecified atom stereocenters. The smallest absolute Gasteiger partial charge is 0.161 e. The summed E-state index contributed by atoms with van der Waals surface area (Å²) in [5.74, 6) is 1.52. The zero-order valence-electron chi connectivity index (χ0n) is 11.9. The Hall–Kier alpha value is -1.73. The number of hydrogen-bond donors (Lipinski definition) is 0. The lowest BCUT2D eigenvalue weighted by Gasteiger charge is -2.23. The standard InChI is InChI=1S/C15H22N2O2/c1-4-18-14-7-5-6-8-15(14)19-12-11-17(10-9-16)13(2)3/h5-8,13H,4,10-12H2,1-3H3. The Bertz CT molecular complexity index is 413. The molecule has 0 bridgehead atoms. The van der Waals surface area contributed by atoms with Crippen molar-refractivity contribution in [3.63, 3.8) is 0 Å². The molecule has 0 aromatic heterocycles. The molecular weight excluding hydrogens is 240 g/mol. The highest BCUT2D eigenvalue weighted by molar-refractivity contribution is 5.39. The number of nitriles is 1. The summed E-state index contributed by atoms with van der Waals surface area (Å²) in [6.45, 7) is 8.41. The highest BCUT2D eigenvalue weighted by Gasteiger charge is 2.09. The summed E-state index contributed by atoms with van der Waals surface area (Å²) in [5.41, 5.74) is 0. The van der Waals surface area contributed by atoms with Gasteiger partial charge >= 0.3 is 0 Å². The van der Waals surface area contributed by atoms with Gasteiger partial charge in [-0.15, -0.1) is 0 Å². The van der Waals surface area contributed by atoms with Gasteiger partial charge in [0.2, 0.25) is 0 Å². The molecule has 0 N–H and O–H groups in total. The van der Waals surface area contributed by atoms with Crippen LogP contribution in [0.15, 0.2) is 24.3 Å². The van der Waals surface area contributed by atoms with Crippen LogP contribution < -0.4 is 9.47 Å². The second-order valence-electron chi connectivity index (χ2n) is 4.45. The topological polar surface area (TPSA) is 45.5 Å². The van der Waals surface area contributed by atoms with E-state index in [1.54, 1.807) is 0 Å². The number of benzene rings is 1. The van der Waals surface area contributed by atoms with Crippen molar-refractivity contribution >= 4 is 0 Å². The minimum Gasteiger partial charge on any atom is -0.490 e. The molecule has 0 amide bonds. The third-order valence-electron chi connectivity index (χ3n) is 2.79. The van der Waals surface area contributed by atoms with E-state index in [1.807, 2.05) is 31.2 Å². The van der Waals surface area contributed by atoms with Crippen molar-refractivity contribution in [3.05, 3.63) is 24.3 Å². The van der Waals surface area contributed by atoms with Crippen LogP contribution in [0.1, 0.15) is 20.8 Å². The van der Waals surface area contributed by atoms with Crippen LogP contribution in [0.3, 0.4) is 0 Å². The molecule has 0 atom stereocenters. The van der Waals surface area contributed by atoms with Gasteiger partial charge in [0.25, 0.3) is 0 Å². The van der Waals surface area contributed by atoms with Crippen LogP contribution in [0.4, 0.5) is 0 Å². The Morgan fingerprint density at radius 2 is 1.84 bits per heavy atom. The van der Waals surface area contributed by atoms with Gasteiger partial charge in [-0.3, -0.25) is 4.90 Å². The zero-order valence-corrected chi connectivity index (χ0v) is 11.9. The molecule has 19 heavy (non-hydrogen) atoms. The van der Waals surface area contributed by atoms with E-state index in [9.17, 15) is 0 Å². The molecule has 4 heteroatoms. The first-order chi connectivity index (χ1) is 9.19. The van der Waals surface area contributed by atoms with Crippen molar-refractivity contribution in [3.8, 4) is 17.6 Å². The van der Waals surface area contributed by atoms with Crippen LogP contribution in [-0.2, 0) is 0 Å². The maximum atomic E-state index is 8.76. The number of rotatable bonds is 8. The lowest BCUT2D eigenvalue weighted by molar-refractivity contribution is 0.188. The molecule has 0 radical (unpaired) electrons. The maximum absolute atomic E-state index is 8.76. The third kappa shape index (κ3) is 5.19. The first kappa shape index (κ1) is 15.3. The molecule has 0 fully saturated rings. The summed E-state index contributed by atoms with van der Waals surface area (Å²) in [6.07, 6.45) is 0. The minimum atomic E-state index is 0.338. The van der Waals surface area contributed by atoms with Gasteiger partial charge in [0.15, 0.2) is 11.5 Å². The SMILES string of the molecule is CCOc1ccccc1OCCN(CC#N)C(C)C. The number of para-hydroxylation sites is 2. The Labute approximate surface area is 115 Å². The fourth-order valence-corrected chi connectivity index (χ4v) is 1.73. The molecule has 1 rings (SSSR count). The van der Waals surface area contributed by atoms with E-state index in [1.165, 1.54) is 0 Å². The summed E-state index contributed by atoms with van der Waals surface area (Å²) in [5, 5.41) is 8.76. The molecule has 4 nitrogen and oxygen atoms in total. The molecule has 0 heterocycles. The van der Waals surface area contributed by atoms with Gasteiger partial charge in [0, 0.05) is 12.6 Å². The largest absolute Gasteiger partial charge is 0.490 e. The van der Waals surface area contributed by atoms with Gasteiger partial charge in [-0.05, 0) is 32.9 Å². The van der Waals surface area contributed by atoms with Gasteiger partial charge in [-0.1, -0.05) is 12.1 Å². The highest BCUT2D eigenvalue weighted by Crippen LogP contribution is 2.26. The Morgan fingerprint density at radius 1 is 1.21 bits per heavy atom. The van der Waals surface area contributed by atoms with Crippen LogP contribution in [0.2, 0.25) is 0 Å². The number of hydrogen-bond acceptors (Lipinski definition) is 4. The quantitative estimate of drug-likeness (QED) is 0.676. The molecule has 0 spiro atoms. The van der Waals surface area contributed by atoms with E-state index in [0.29, 0.717) is 25.8 Å². The summed E-state index contributed by atoms with van der Waals surface area (Å²) >= 11 is 0. The van der Waals surface area contributed by atoms with Crippen molar-refractivity contribution in [1.29, 1.82) is 5.26 Å². The molecule has 0 aliphatic heterocycles. The molecule has 104 valence electrons. The van der Waals surface area contributed by atoms with Gasteiger partial charge in [0.05, 0.1) is 19.2 Å². The lowest BCUT2D eigenvalue weighted by Crippen LogP contribution is -2.34. The number of nitrogens with zero attached hydrogens (tertiary/aromatic N) is 2. The summed E-state index contributed by atoms with van der Waals surface area (Å²) in [7, 11) is 0. The van der Waals surface area contributed by atoms with E-state index in [-0.39, 0.29) is 0 Å². The van der Waals surface area contributed by atoms with Gasteiger partial charge in [-0.2, -0.15) is 5.26 Å². The molecule has 0 aliphatic rings. The summed E-state index contributed by atoms with van der Waals surface area (Å²) in [6, 6.07) is 10.2. The monoisotopic (exact) mass is 262 g/mol. The van der Waals surface area contributed by atoms with Crippen molar-refractivity contribution in [2.75, 3.05) is 26.3 Å². The van der Waals surface area contributed by atoms with E-state index in [2.05, 4.69) is 24.8 Å². The van der Waals surface area contributed by atoms with Crippen molar-refractivity contribution in [2.45, 2.75) is 26.8 Å². The average molecular weight is 262 g/mol. The zero-order chi connectivity index (χ0) is 14.1. The second-order valence-corrected chi connectivity index (χ2v) is 4.45. The van der Waals surface area contributed by atoms with Crippen LogP contribution in [-0.4, -0.2) is 37.2 Å². The summed E-state index contributed by atoms with van der Waals surface area (Å²) < 4.78 is 11.2. The maximum Gasteiger partial charge on any atom is 0.161 e. The Balaban J connectivity index is 2.50. The lowest BCUT2D eigenvalue weighted by atomic mass is 10.3. The van der Waals surface area contributed by atoms with Crippen molar-refractivity contribution < 1.29 is 9.47 Å². The van der Waals surface area contributed by atoms with E-state index in [4.69, 9.17) is 14.7 Å². The van der Waals surface area contributed by atoms with Gasteiger partial charge < -0.3 is 9.47 Å². The van der Waals surface area contributed by atoms with Crippen LogP contribution in [0.5, 0.6) is 11.5 Å². The van der Waals surface area contributed by atoms with E-state index >= 15 is 0 Å². The first-order valence-corrected chi connectivity index (χ1v) is 6.64. The molecule has 1 aromatic rings. The Kier molecular flexibility index (Phi) is 6.76. The minimum absolute atomic E-state index is 0.338. The second kappa shape index (κ2) is 8.39. The van der Waals surface area contributed by atoms with E-state index in [0.717, 1.165) is 18.0 Å². The van der Waals surface area contributed by atoms with Crippen LogP contribution in [0.25, 0.3) is 0 Å². The third-order valence-corrected chi connectivity index (χ3v) is 2.79. The fraction of sp³-hybridized carbons (Fsp3) is 0.533. The first-order valence-electron chi connectivity index (χ1n) is 6.64. The molecule has 0 saturated heterocycles. The van der Waals surface area contributed by atoms with Crippen LogP contribution in [0, 0.1) is 11.3 Å². The predicted octanol–water partition coefficient (Wildman–Crippen LogP) is 2.70. The fourth-order valence-electron chi connectivity index (χ4n) is 1.73. The van der Waals surface area contributed by atoms with Crippen molar-refractivity contribution in [2.24, 2.45) is 0 Å². The van der Waals surface area contributed by atoms with Gasteiger partial charge in [0.1, 0.15) is 6.61 Å². The number of ether oxygens (including phenoxy) is 2. The normalized spacial score (nSPS) is 10.5.